The molecule has 140 valence electrons. The molecular formula is C17H27N3O5. The SMILES string of the molecule is CC(C)c1nnc([C@H]2CN(C(=O)[C@H](C)OC[C@@H]3CCCO3)CCO2)o1. The predicted molar refractivity (Wildman–Crippen MR) is 88.0 cm³/mol. The van der Waals surface area contributed by atoms with Crippen LogP contribution in [0.25, 0.3) is 0 Å². The van der Waals surface area contributed by atoms with Gasteiger partial charge in [-0.15, -0.1) is 10.2 Å². The van der Waals surface area contributed by atoms with Crippen molar-refractivity contribution < 1.29 is 23.4 Å². The molecule has 0 N–H and O–H groups in total. The van der Waals surface area contributed by atoms with Gasteiger partial charge in [-0.05, 0) is 19.8 Å². The average Bonchev–Trinajstić information content (AvgIpc) is 3.30. The first-order chi connectivity index (χ1) is 12.0. The minimum absolute atomic E-state index is 0.0464. The molecule has 25 heavy (non-hydrogen) atoms. The predicted octanol–water partition coefficient (Wildman–Crippen LogP) is 1.68. The van der Waals surface area contributed by atoms with E-state index in [1.807, 2.05) is 13.8 Å². The largest absolute Gasteiger partial charge is 0.422 e. The Morgan fingerprint density at radius 3 is 2.80 bits per heavy atom. The molecule has 0 radical (unpaired) electrons. The monoisotopic (exact) mass is 353 g/mol. The molecule has 0 bridgehead atoms. The number of aromatic nitrogens is 2. The summed E-state index contributed by atoms with van der Waals surface area (Å²) in [5.41, 5.74) is 0. The van der Waals surface area contributed by atoms with E-state index >= 15 is 0 Å². The standard InChI is InChI=1S/C17H27N3O5/c1-11(2)15-18-19-16(25-15)14-9-20(6-8-23-14)17(21)12(3)24-10-13-5-4-7-22-13/h11-14H,4-10H2,1-3H3/t12-,13-,14+/m0/s1. The topological polar surface area (TPSA) is 86.9 Å². The molecule has 1 aromatic heterocycles. The summed E-state index contributed by atoms with van der Waals surface area (Å²) < 4.78 is 22.6. The number of rotatable bonds is 6. The van der Waals surface area contributed by atoms with Crippen LogP contribution in [0.5, 0.6) is 0 Å². The van der Waals surface area contributed by atoms with Crippen molar-refractivity contribution in [1.29, 1.82) is 0 Å². The third-order valence-electron chi connectivity index (χ3n) is 4.51. The zero-order valence-electron chi connectivity index (χ0n) is 15.1. The molecule has 2 aliphatic rings. The molecule has 1 aromatic rings. The van der Waals surface area contributed by atoms with Gasteiger partial charge in [-0.3, -0.25) is 4.79 Å². The van der Waals surface area contributed by atoms with E-state index in [0.29, 0.717) is 38.1 Å². The summed E-state index contributed by atoms with van der Waals surface area (Å²) in [5, 5.41) is 8.09. The van der Waals surface area contributed by atoms with Crippen LogP contribution in [0.4, 0.5) is 0 Å². The Morgan fingerprint density at radius 2 is 2.12 bits per heavy atom. The van der Waals surface area contributed by atoms with Crippen molar-refractivity contribution in [3.63, 3.8) is 0 Å². The minimum Gasteiger partial charge on any atom is -0.422 e. The van der Waals surface area contributed by atoms with Crippen LogP contribution in [0.1, 0.15) is 57.4 Å². The van der Waals surface area contributed by atoms with Crippen LogP contribution < -0.4 is 0 Å². The third kappa shape index (κ3) is 4.56. The second kappa shape index (κ2) is 8.25. The van der Waals surface area contributed by atoms with E-state index in [1.165, 1.54) is 0 Å². The number of carbonyl (C=O) groups excluding carboxylic acids is 1. The van der Waals surface area contributed by atoms with Gasteiger partial charge in [-0.2, -0.15) is 0 Å². The molecule has 8 nitrogen and oxygen atoms in total. The Labute approximate surface area is 147 Å². The fourth-order valence-electron chi connectivity index (χ4n) is 2.96. The van der Waals surface area contributed by atoms with Gasteiger partial charge in [0.05, 0.1) is 25.9 Å². The average molecular weight is 353 g/mol. The van der Waals surface area contributed by atoms with Crippen LogP contribution >= 0.6 is 0 Å². The molecule has 2 fully saturated rings. The first-order valence-corrected chi connectivity index (χ1v) is 9.01. The Bertz CT molecular complexity index is 570. The van der Waals surface area contributed by atoms with E-state index < -0.39 is 6.10 Å². The maximum atomic E-state index is 12.6. The number of amides is 1. The van der Waals surface area contributed by atoms with Gasteiger partial charge in [-0.25, -0.2) is 0 Å². The summed E-state index contributed by atoms with van der Waals surface area (Å²) in [7, 11) is 0. The van der Waals surface area contributed by atoms with E-state index in [-0.39, 0.29) is 24.0 Å². The maximum Gasteiger partial charge on any atom is 0.251 e. The van der Waals surface area contributed by atoms with E-state index in [4.69, 9.17) is 18.6 Å². The summed E-state index contributed by atoms with van der Waals surface area (Å²) in [5.74, 6) is 1.12. The van der Waals surface area contributed by atoms with E-state index in [1.54, 1.807) is 11.8 Å². The van der Waals surface area contributed by atoms with Gasteiger partial charge in [0, 0.05) is 19.1 Å². The fraction of sp³-hybridized carbons (Fsp3) is 0.824. The highest BCUT2D eigenvalue weighted by molar-refractivity contribution is 5.80. The van der Waals surface area contributed by atoms with Gasteiger partial charge in [0.25, 0.3) is 5.91 Å². The zero-order valence-corrected chi connectivity index (χ0v) is 15.1. The van der Waals surface area contributed by atoms with Crippen molar-refractivity contribution in [2.24, 2.45) is 0 Å². The highest BCUT2D eigenvalue weighted by Crippen LogP contribution is 2.24. The maximum absolute atomic E-state index is 12.6. The van der Waals surface area contributed by atoms with Gasteiger partial charge in [0.1, 0.15) is 6.10 Å². The van der Waals surface area contributed by atoms with Crippen molar-refractivity contribution >= 4 is 5.91 Å². The lowest BCUT2D eigenvalue weighted by Crippen LogP contribution is -2.47. The van der Waals surface area contributed by atoms with Crippen LogP contribution in [-0.4, -0.2) is 66.1 Å². The van der Waals surface area contributed by atoms with E-state index in [2.05, 4.69) is 10.2 Å². The Hall–Kier alpha value is -1.51. The van der Waals surface area contributed by atoms with Gasteiger partial charge in [0.15, 0.2) is 6.10 Å². The number of carbonyl (C=O) groups is 1. The molecule has 0 aromatic carbocycles. The summed E-state index contributed by atoms with van der Waals surface area (Å²) in [6.07, 6.45) is 1.28. The molecule has 3 rings (SSSR count). The molecule has 0 unspecified atom stereocenters. The summed E-state index contributed by atoms with van der Waals surface area (Å²) in [6.45, 7) is 8.37. The Balaban J connectivity index is 1.53. The number of hydrogen-bond donors (Lipinski definition) is 0. The number of ether oxygens (including phenoxy) is 3. The second-order valence-corrected chi connectivity index (χ2v) is 6.89. The lowest BCUT2D eigenvalue weighted by molar-refractivity contribution is -0.152. The van der Waals surface area contributed by atoms with Crippen LogP contribution in [0, 0.1) is 0 Å². The van der Waals surface area contributed by atoms with Crippen LogP contribution in [-0.2, 0) is 19.0 Å². The van der Waals surface area contributed by atoms with Gasteiger partial charge in [0.2, 0.25) is 11.8 Å². The van der Waals surface area contributed by atoms with E-state index in [0.717, 1.165) is 19.4 Å². The number of nitrogens with zero attached hydrogens (tertiary/aromatic N) is 3. The molecular weight excluding hydrogens is 326 g/mol. The van der Waals surface area contributed by atoms with Gasteiger partial charge < -0.3 is 23.5 Å². The number of morpholine rings is 1. The summed E-state index contributed by atoms with van der Waals surface area (Å²) in [6, 6.07) is 0. The fourth-order valence-corrected chi connectivity index (χ4v) is 2.96. The normalized spacial score (nSPS) is 25.5. The van der Waals surface area contributed by atoms with Crippen LogP contribution in [0.3, 0.4) is 0 Å². The first kappa shape index (κ1) is 18.3. The summed E-state index contributed by atoms with van der Waals surface area (Å²) >= 11 is 0. The Kier molecular flexibility index (Phi) is 6.03. The van der Waals surface area contributed by atoms with Crippen molar-refractivity contribution in [3.05, 3.63) is 11.8 Å². The van der Waals surface area contributed by atoms with Crippen LogP contribution in [0.15, 0.2) is 4.42 Å². The first-order valence-electron chi connectivity index (χ1n) is 9.01. The van der Waals surface area contributed by atoms with Crippen molar-refractivity contribution in [3.8, 4) is 0 Å². The minimum atomic E-state index is -0.503. The zero-order chi connectivity index (χ0) is 17.8. The quantitative estimate of drug-likeness (QED) is 0.769. The Morgan fingerprint density at radius 1 is 1.28 bits per heavy atom. The molecule has 8 heteroatoms. The molecule has 3 atom stereocenters. The molecule has 3 heterocycles. The molecule has 1 amide bonds. The van der Waals surface area contributed by atoms with Crippen LogP contribution in [0.2, 0.25) is 0 Å². The van der Waals surface area contributed by atoms with Gasteiger partial charge in [-0.1, -0.05) is 13.8 Å². The van der Waals surface area contributed by atoms with Gasteiger partial charge >= 0.3 is 0 Å². The highest BCUT2D eigenvalue weighted by Gasteiger charge is 2.32. The smallest absolute Gasteiger partial charge is 0.251 e. The molecule has 2 saturated heterocycles. The second-order valence-electron chi connectivity index (χ2n) is 6.89. The molecule has 0 aliphatic carbocycles. The number of hydrogen-bond acceptors (Lipinski definition) is 7. The third-order valence-corrected chi connectivity index (χ3v) is 4.51. The molecule has 0 spiro atoms. The lowest BCUT2D eigenvalue weighted by atomic mass is 10.2. The summed E-state index contributed by atoms with van der Waals surface area (Å²) in [4.78, 5) is 14.4. The van der Waals surface area contributed by atoms with Crippen molar-refractivity contribution in [2.75, 3.05) is 32.9 Å². The van der Waals surface area contributed by atoms with E-state index in [9.17, 15) is 4.79 Å². The molecule has 0 saturated carbocycles. The lowest BCUT2D eigenvalue weighted by Gasteiger charge is -2.33. The van der Waals surface area contributed by atoms with Crippen molar-refractivity contribution in [2.45, 2.75) is 57.8 Å². The van der Waals surface area contributed by atoms with Crippen molar-refractivity contribution in [1.82, 2.24) is 15.1 Å². The molecule has 2 aliphatic heterocycles. The highest BCUT2D eigenvalue weighted by atomic mass is 16.5.